The number of anilines is 1. The summed E-state index contributed by atoms with van der Waals surface area (Å²) >= 11 is 0. The molecule has 2 fully saturated rings. The van der Waals surface area contributed by atoms with Crippen molar-refractivity contribution in [3.8, 4) is 11.5 Å². The number of pyridine rings is 1. The van der Waals surface area contributed by atoms with Crippen molar-refractivity contribution >= 4 is 17.8 Å². The van der Waals surface area contributed by atoms with Gasteiger partial charge in [-0.2, -0.15) is 0 Å². The first-order chi connectivity index (χ1) is 18.7. The van der Waals surface area contributed by atoms with E-state index < -0.39 is 0 Å². The van der Waals surface area contributed by atoms with Gasteiger partial charge in [-0.3, -0.25) is 9.69 Å². The molecular weight excluding hydrogens is 476 g/mol. The van der Waals surface area contributed by atoms with Crippen LogP contribution >= 0.6 is 0 Å². The van der Waals surface area contributed by atoms with Crippen molar-refractivity contribution in [3.05, 3.63) is 90.1 Å². The molecule has 5 rings (SSSR count). The van der Waals surface area contributed by atoms with Gasteiger partial charge in [0.15, 0.2) is 0 Å². The Kier molecular flexibility index (Phi) is 8.56. The van der Waals surface area contributed by atoms with Gasteiger partial charge in [0.25, 0.3) is 0 Å². The van der Waals surface area contributed by atoms with E-state index in [1.165, 1.54) is 5.56 Å². The maximum atomic E-state index is 12.7. The minimum absolute atomic E-state index is 0.0457. The number of amides is 1. The number of ether oxygens (including phenoxy) is 2. The molecule has 7 heteroatoms. The van der Waals surface area contributed by atoms with E-state index >= 15 is 0 Å². The largest absolute Gasteiger partial charge is 0.497 e. The number of hydrogen-bond acceptors (Lipinski definition) is 6. The van der Waals surface area contributed by atoms with E-state index in [1.54, 1.807) is 13.2 Å². The van der Waals surface area contributed by atoms with Crippen LogP contribution in [0.25, 0.3) is 6.08 Å². The summed E-state index contributed by atoms with van der Waals surface area (Å²) in [6.45, 7) is 6.33. The number of rotatable bonds is 8. The maximum Gasteiger partial charge on any atom is 0.246 e. The first-order valence-corrected chi connectivity index (χ1v) is 13.4. The second-order valence-corrected chi connectivity index (χ2v) is 9.85. The monoisotopic (exact) mass is 512 g/mol. The summed E-state index contributed by atoms with van der Waals surface area (Å²) in [7, 11) is 1.64. The van der Waals surface area contributed by atoms with E-state index in [9.17, 15) is 4.79 Å². The van der Waals surface area contributed by atoms with E-state index in [0.29, 0.717) is 13.1 Å². The standard InChI is InChI=1S/C31H36N4O3/c1-37-27-11-8-25(9-12-27)10-13-31(36)35-17-14-28(15-18-35)38-29-6-4-5-26(23-29)24-33-19-21-34(22-20-33)30-7-2-3-16-32-30/h2-13,16,23,28H,14-15,17-22,24H2,1H3. The smallest absolute Gasteiger partial charge is 0.246 e. The summed E-state index contributed by atoms with van der Waals surface area (Å²) < 4.78 is 11.5. The van der Waals surface area contributed by atoms with Gasteiger partial charge < -0.3 is 19.3 Å². The Hall–Kier alpha value is -3.84. The number of aromatic nitrogens is 1. The average molecular weight is 513 g/mol. The van der Waals surface area contributed by atoms with Crippen LogP contribution in [0.15, 0.2) is 79.0 Å². The molecule has 0 saturated carbocycles. The number of carbonyl (C=O) groups excluding carboxylic acids is 1. The summed E-state index contributed by atoms with van der Waals surface area (Å²) in [4.78, 5) is 23.9. The summed E-state index contributed by atoms with van der Waals surface area (Å²) in [6, 6.07) is 22.2. The fourth-order valence-corrected chi connectivity index (χ4v) is 5.03. The molecule has 0 atom stereocenters. The normalized spacial score (nSPS) is 17.1. The molecule has 1 amide bonds. The van der Waals surface area contributed by atoms with E-state index in [4.69, 9.17) is 9.47 Å². The molecule has 0 bridgehead atoms. The van der Waals surface area contributed by atoms with E-state index in [2.05, 4.69) is 39.0 Å². The van der Waals surface area contributed by atoms with Crippen molar-refractivity contribution in [2.24, 2.45) is 0 Å². The van der Waals surface area contributed by atoms with Gasteiger partial charge in [-0.15, -0.1) is 0 Å². The van der Waals surface area contributed by atoms with Crippen LogP contribution in [0.5, 0.6) is 11.5 Å². The number of nitrogens with zero attached hydrogens (tertiary/aromatic N) is 4. The Bertz CT molecular complexity index is 1200. The maximum absolute atomic E-state index is 12.7. The van der Waals surface area contributed by atoms with Gasteiger partial charge in [0.05, 0.1) is 7.11 Å². The molecule has 198 valence electrons. The van der Waals surface area contributed by atoms with Gasteiger partial charge in [-0.05, 0) is 53.6 Å². The Morgan fingerprint density at radius 3 is 2.42 bits per heavy atom. The number of methoxy groups -OCH3 is 1. The number of benzene rings is 2. The quantitative estimate of drug-likeness (QED) is 0.415. The first-order valence-electron chi connectivity index (χ1n) is 13.4. The third kappa shape index (κ3) is 6.92. The van der Waals surface area contributed by atoms with Crippen LogP contribution in [0.2, 0.25) is 0 Å². The van der Waals surface area contributed by atoms with Crippen LogP contribution in [0.1, 0.15) is 24.0 Å². The Balaban J connectivity index is 1.06. The lowest BCUT2D eigenvalue weighted by Crippen LogP contribution is -2.46. The minimum Gasteiger partial charge on any atom is -0.497 e. The second-order valence-electron chi connectivity index (χ2n) is 9.85. The van der Waals surface area contributed by atoms with Crippen LogP contribution in [0.4, 0.5) is 5.82 Å². The molecule has 2 aliphatic heterocycles. The van der Waals surface area contributed by atoms with Crippen LogP contribution in [-0.4, -0.2) is 73.2 Å². The molecule has 2 saturated heterocycles. The Morgan fingerprint density at radius 2 is 1.71 bits per heavy atom. The minimum atomic E-state index is 0.0457. The fourth-order valence-electron chi connectivity index (χ4n) is 5.03. The molecule has 3 heterocycles. The van der Waals surface area contributed by atoms with Gasteiger partial charge in [0.2, 0.25) is 5.91 Å². The Labute approximate surface area is 225 Å². The van der Waals surface area contributed by atoms with Crippen LogP contribution in [0.3, 0.4) is 0 Å². The summed E-state index contributed by atoms with van der Waals surface area (Å²) in [5, 5.41) is 0. The lowest BCUT2D eigenvalue weighted by Gasteiger charge is -2.35. The SMILES string of the molecule is COc1ccc(C=CC(=O)N2CCC(Oc3cccc(CN4CCN(c5ccccn5)CC4)c3)CC2)cc1. The zero-order valence-corrected chi connectivity index (χ0v) is 22.0. The van der Waals surface area contributed by atoms with Gasteiger partial charge in [0.1, 0.15) is 23.4 Å². The highest BCUT2D eigenvalue weighted by Gasteiger charge is 2.23. The molecule has 0 aliphatic carbocycles. The molecule has 0 radical (unpaired) electrons. The second kappa shape index (κ2) is 12.6. The van der Waals surface area contributed by atoms with Crippen LogP contribution < -0.4 is 14.4 Å². The van der Waals surface area contributed by atoms with E-state index in [1.807, 2.05) is 59.6 Å². The lowest BCUT2D eigenvalue weighted by molar-refractivity contribution is -0.127. The van der Waals surface area contributed by atoms with Gasteiger partial charge in [-0.1, -0.05) is 30.3 Å². The lowest BCUT2D eigenvalue weighted by atomic mass is 10.1. The highest BCUT2D eigenvalue weighted by atomic mass is 16.5. The number of carbonyl (C=O) groups is 1. The molecule has 0 N–H and O–H groups in total. The molecule has 0 unspecified atom stereocenters. The zero-order chi connectivity index (χ0) is 26.2. The molecular formula is C31H36N4O3. The van der Waals surface area contributed by atoms with Crippen LogP contribution in [0, 0.1) is 0 Å². The van der Waals surface area contributed by atoms with Crippen LogP contribution in [-0.2, 0) is 11.3 Å². The summed E-state index contributed by atoms with van der Waals surface area (Å²) in [5.74, 6) is 2.83. The molecule has 2 aromatic carbocycles. The zero-order valence-electron chi connectivity index (χ0n) is 22.0. The van der Waals surface area contributed by atoms with Crippen molar-refractivity contribution in [1.82, 2.24) is 14.8 Å². The predicted molar refractivity (Wildman–Crippen MR) is 150 cm³/mol. The molecule has 1 aromatic heterocycles. The number of piperazine rings is 1. The number of hydrogen-bond donors (Lipinski definition) is 0. The predicted octanol–water partition coefficient (Wildman–Crippen LogP) is 4.50. The molecule has 0 spiro atoms. The summed E-state index contributed by atoms with van der Waals surface area (Å²) in [6.07, 6.45) is 7.16. The van der Waals surface area contributed by atoms with Gasteiger partial charge in [0, 0.05) is 70.9 Å². The number of likely N-dealkylation sites (tertiary alicyclic amines) is 1. The van der Waals surface area contributed by atoms with E-state index in [-0.39, 0.29) is 12.0 Å². The third-order valence-electron chi connectivity index (χ3n) is 7.24. The van der Waals surface area contributed by atoms with Crippen molar-refractivity contribution in [3.63, 3.8) is 0 Å². The van der Waals surface area contributed by atoms with Gasteiger partial charge >= 0.3 is 0 Å². The molecule has 3 aromatic rings. The van der Waals surface area contributed by atoms with Crippen molar-refractivity contribution in [2.45, 2.75) is 25.5 Å². The molecule has 2 aliphatic rings. The number of piperidine rings is 1. The van der Waals surface area contributed by atoms with E-state index in [0.717, 1.165) is 68.4 Å². The fraction of sp³-hybridized carbons (Fsp3) is 0.355. The highest BCUT2D eigenvalue weighted by Crippen LogP contribution is 2.22. The molecule has 38 heavy (non-hydrogen) atoms. The highest BCUT2D eigenvalue weighted by molar-refractivity contribution is 5.91. The third-order valence-corrected chi connectivity index (χ3v) is 7.24. The van der Waals surface area contributed by atoms with Crippen molar-refractivity contribution in [1.29, 1.82) is 0 Å². The average Bonchev–Trinajstić information content (AvgIpc) is 2.97. The van der Waals surface area contributed by atoms with Crippen molar-refractivity contribution in [2.75, 3.05) is 51.3 Å². The Morgan fingerprint density at radius 1 is 0.921 bits per heavy atom. The topological polar surface area (TPSA) is 58.1 Å². The first kappa shape index (κ1) is 25.8. The molecule has 7 nitrogen and oxygen atoms in total. The van der Waals surface area contributed by atoms with Gasteiger partial charge in [-0.25, -0.2) is 4.98 Å². The van der Waals surface area contributed by atoms with Crippen molar-refractivity contribution < 1.29 is 14.3 Å². The summed E-state index contributed by atoms with van der Waals surface area (Å²) in [5.41, 5.74) is 2.25.